The number of rotatable bonds is 9. The van der Waals surface area contributed by atoms with Crippen molar-refractivity contribution in [3.8, 4) is 0 Å². The van der Waals surface area contributed by atoms with E-state index in [0.29, 0.717) is 17.9 Å². The summed E-state index contributed by atoms with van der Waals surface area (Å²) < 4.78 is 0. The number of hydrogen-bond acceptors (Lipinski definition) is 7. The normalized spacial score (nSPS) is 15.1. The van der Waals surface area contributed by atoms with Gasteiger partial charge in [0.25, 0.3) is 0 Å². The third-order valence-electron chi connectivity index (χ3n) is 3.53. The molecule has 0 aromatic heterocycles. The maximum Gasteiger partial charge on any atom is 0.230 e. The molecule has 1 aliphatic rings. The molecule has 1 atom stereocenters. The van der Waals surface area contributed by atoms with Gasteiger partial charge in [0.1, 0.15) is 0 Å². The number of benzene rings is 1. The van der Waals surface area contributed by atoms with Crippen LogP contribution in [-0.2, 0) is 14.4 Å². The van der Waals surface area contributed by atoms with Crippen molar-refractivity contribution in [2.45, 2.75) is 36.6 Å². The molecule has 8 nitrogen and oxygen atoms in total. The highest BCUT2D eigenvalue weighted by molar-refractivity contribution is 8.76. The summed E-state index contributed by atoms with van der Waals surface area (Å²) >= 11 is 0. The van der Waals surface area contributed by atoms with Crippen LogP contribution in [-0.4, -0.2) is 34.5 Å². The first-order valence-electron chi connectivity index (χ1n) is 7.53. The molecule has 25 heavy (non-hydrogen) atoms. The van der Waals surface area contributed by atoms with Crippen molar-refractivity contribution in [3.05, 3.63) is 34.7 Å². The largest absolute Gasteiger partial charge is 0.548 e. The minimum absolute atomic E-state index is 0.0685. The van der Waals surface area contributed by atoms with Gasteiger partial charge in [0.2, 0.25) is 11.8 Å². The lowest BCUT2D eigenvalue weighted by atomic mass is 10.1. The Bertz CT molecular complexity index is 688. The van der Waals surface area contributed by atoms with E-state index in [1.54, 1.807) is 12.1 Å². The van der Waals surface area contributed by atoms with Crippen molar-refractivity contribution in [3.63, 3.8) is 0 Å². The first-order valence-corrected chi connectivity index (χ1v) is 9.85. The Kier molecular flexibility index (Phi) is 7.17. The quantitative estimate of drug-likeness (QED) is 0.162. The van der Waals surface area contributed by atoms with Crippen LogP contribution in [0.4, 0.5) is 5.69 Å². The summed E-state index contributed by atoms with van der Waals surface area (Å²) in [7, 11) is 3.05. The van der Waals surface area contributed by atoms with Gasteiger partial charge in [-0.1, -0.05) is 38.8 Å². The summed E-state index contributed by atoms with van der Waals surface area (Å²) in [6.07, 6.45) is 0.853. The summed E-state index contributed by atoms with van der Waals surface area (Å²) in [4.78, 5) is 39.1. The fourth-order valence-corrected chi connectivity index (χ4v) is 4.46. The number of likely N-dealkylation sites (tertiary alicyclic amines) is 1. The Balaban J connectivity index is 1.77. The molecule has 0 aliphatic carbocycles. The van der Waals surface area contributed by atoms with Crippen LogP contribution in [0.1, 0.15) is 25.7 Å². The smallest absolute Gasteiger partial charge is 0.230 e. The van der Waals surface area contributed by atoms with Crippen LogP contribution in [0.25, 0.3) is 10.4 Å². The zero-order valence-corrected chi connectivity index (χ0v) is 14.8. The van der Waals surface area contributed by atoms with Gasteiger partial charge in [-0.25, -0.2) is 0 Å². The molecule has 1 unspecified atom stereocenters. The van der Waals surface area contributed by atoms with E-state index in [1.807, 2.05) is 12.1 Å². The van der Waals surface area contributed by atoms with E-state index in [1.165, 1.54) is 21.6 Å². The molecule has 1 heterocycles. The highest BCUT2D eigenvalue weighted by Crippen LogP contribution is 2.33. The molecule has 0 saturated carbocycles. The van der Waals surface area contributed by atoms with Crippen molar-refractivity contribution >= 4 is 45.1 Å². The first-order chi connectivity index (χ1) is 12.0. The molecule has 0 radical (unpaired) electrons. The Morgan fingerprint density at radius 2 is 1.92 bits per heavy atom. The minimum atomic E-state index is -1.39. The Morgan fingerprint density at radius 3 is 2.48 bits per heavy atom. The number of carbonyl (C=O) groups is 3. The van der Waals surface area contributed by atoms with Crippen LogP contribution in [0.2, 0.25) is 0 Å². The molecule has 10 heteroatoms. The third kappa shape index (κ3) is 5.42. The van der Waals surface area contributed by atoms with Crippen molar-refractivity contribution in [2.75, 3.05) is 5.75 Å². The summed E-state index contributed by atoms with van der Waals surface area (Å²) in [5.74, 6) is -1.62. The second-order valence-corrected chi connectivity index (χ2v) is 7.71. The predicted octanol–water partition coefficient (Wildman–Crippen LogP) is 2.42. The topological polar surface area (TPSA) is 126 Å². The summed E-state index contributed by atoms with van der Waals surface area (Å²) in [5.41, 5.74) is 8.88. The standard InChI is InChI=1S/C15H16N4O4S2/c16-18-17-10-3-5-11(6-4-10)25-24-9-1-2-12(15(22)23)19-13(20)7-8-14(19)21/h3-6,12H,1-2,7-9H2,(H,22,23)/p-1. The maximum absolute atomic E-state index is 11.7. The summed E-state index contributed by atoms with van der Waals surface area (Å²) in [6, 6.07) is 5.88. The molecule has 1 aliphatic heterocycles. The van der Waals surface area contributed by atoms with Gasteiger partial charge in [-0.15, -0.1) is 0 Å². The molecule has 0 bridgehead atoms. The Morgan fingerprint density at radius 1 is 1.28 bits per heavy atom. The molecule has 132 valence electrons. The number of hydrogen-bond donors (Lipinski definition) is 0. The van der Waals surface area contributed by atoms with Gasteiger partial charge in [0.05, 0.1) is 12.0 Å². The number of carbonyl (C=O) groups excluding carboxylic acids is 3. The van der Waals surface area contributed by atoms with Gasteiger partial charge < -0.3 is 9.90 Å². The fraction of sp³-hybridized carbons (Fsp3) is 0.400. The first kappa shape index (κ1) is 19.2. The molecule has 1 aromatic carbocycles. The fourth-order valence-electron chi connectivity index (χ4n) is 2.36. The van der Waals surface area contributed by atoms with Crippen LogP contribution < -0.4 is 5.11 Å². The van der Waals surface area contributed by atoms with Gasteiger partial charge in [-0.2, -0.15) is 0 Å². The van der Waals surface area contributed by atoms with Crippen molar-refractivity contribution < 1.29 is 19.5 Å². The molecular formula is C15H15N4O4S2-. The summed E-state index contributed by atoms with van der Waals surface area (Å²) in [6.45, 7) is 0. The van der Waals surface area contributed by atoms with Crippen LogP contribution in [0, 0.1) is 0 Å². The average Bonchev–Trinajstić information content (AvgIpc) is 2.91. The average molecular weight is 379 g/mol. The SMILES string of the molecule is [N-]=[N+]=Nc1ccc(SSCCCC(C(=O)[O-])N2C(=O)CCC2=O)cc1. The molecule has 1 fully saturated rings. The predicted molar refractivity (Wildman–Crippen MR) is 92.7 cm³/mol. The van der Waals surface area contributed by atoms with E-state index < -0.39 is 23.8 Å². The van der Waals surface area contributed by atoms with Gasteiger partial charge >= 0.3 is 0 Å². The maximum atomic E-state index is 11.7. The second kappa shape index (κ2) is 9.36. The number of aliphatic carboxylic acids is 1. The van der Waals surface area contributed by atoms with Gasteiger partial charge in [-0.05, 0) is 30.5 Å². The van der Waals surface area contributed by atoms with Crippen LogP contribution in [0.3, 0.4) is 0 Å². The zero-order valence-electron chi connectivity index (χ0n) is 13.2. The van der Waals surface area contributed by atoms with E-state index in [9.17, 15) is 19.5 Å². The van der Waals surface area contributed by atoms with E-state index in [0.717, 1.165) is 9.80 Å². The number of carboxylic acids is 1. The van der Waals surface area contributed by atoms with Crippen molar-refractivity contribution in [2.24, 2.45) is 5.11 Å². The van der Waals surface area contributed by atoms with E-state index >= 15 is 0 Å². The molecule has 0 spiro atoms. The van der Waals surface area contributed by atoms with Gasteiger partial charge in [0.15, 0.2) is 0 Å². The Hall–Kier alpha value is -2.16. The van der Waals surface area contributed by atoms with Gasteiger partial charge in [0, 0.05) is 34.1 Å². The van der Waals surface area contributed by atoms with Crippen LogP contribution in [0.5, 0.6) is 0 Å². The lowest BCUT2D eigenvalue weighted by molar-refractivity contribution is -0.311. The van der Waals surface area contributed by atoms with Crippen molar-refractivity contribution in [1.82, 2.24) is 4.90 Å². The van der Waals surface area contributed by atoms with Crippen LogP contribution >= 0.6 is 21.6 Å². The third-order valence-corrected chi connectivity index (χ3v) is 6.00. The molecule has 1 saturated heterocycles. The minimum Gasteiger partial charge on any atom is -0.548 e. The van der Waals surface area contributed by atoms with Gasteiger partial charge in [-0.3, -0.25) is 14.5 Å². The molecule has 1 aromatic rings. The lowest BCUT2D eigenvalue weighted by Crippen LogP contribution is -2.50. The second-order valence-electron chi connectivity index (χ2n) is 5.22. The molecule has 0 N–H and O–H groups in total. The van der Waals surface area contributed by atoms with E-state index in [-0.39, 0.29) is 19.3 Å². The molecule has 2 rings (SSSR count). The zero-order chi connectivity index (χ0) is 18.2. The Labute approximate surface area is 152 Å². The number of imide groups is 1. The monoisotopic (exact) mass is 379 g/mol. The number of amides is 2. The van der Waals surface area contributed by atoms with Crippen molar-refractivity contribution in [1.29, 1.82) is 0 Å². The molecule has 2 amide bonds. The number of carboxylic acid groups (broad SMARTS) is 1. The summed E-state index contributed by atoms with van der Waals surface area (Å²) in [5, 5.41) is 14.7. The lowest BCUT2D eigenvalue weighted by Gasteiger charge is -2.26. The number of azide groups is 1. The number of nitrogens with zero attached hydrogens (tertiary/aromatic N) is 4. The highest BCUT2D eigenvalue weighted by atomic mass is 33.1. The highest BCUT2D eigenvalue weighted by Gasteiger charge is 2.35. The molecular weight excluding hydrogens is 364 g/mol. The van der Waals surface area contributed by atoms with E-state index in [2.05, 4.69) is 10.0 Å². The van der Waals surface area contributed by atoms with Crippen LogP contribution in [0.15, 0.2) is 34.3 Å². The van der Waals surface area contributed by atoms with E-state index in [4.69, 9.17) is 5.53 Å².